The number of rotatable bonds is 4. The summed E-state index contributed by atoms with van der Waals surface area (Å²) in [7, 11) is 0. The van der Waals surface area contributed by atoms with E-state index in [1.54, 1.807) is 12.3 Å². The van der Waals surface area contributed by atoms with E-state index < -0.39 is 5.97 Å². The summed E-state index contributed by atoms with van der Waals surface area (Å²) in [6.45, 7) is 2.59. The molecule has 1 saturated heterocycles. The van der Waals surface area contributed by atoms with Crippen molar-refractivity contribution in [1.29, 1.82) is 0 Å². The van der Waals surface area contributed by atoms with Crippen molar-refractivity contribution in [2.24, 2.45) is 0 Å². The van der Waals surface area contributed by atoms with Gasteiger partial charge in [0.05, 0.1) is 5.56 Å². The van der Waals surface area contributed by atoms with Crippen LogP contribution in [-0.4, -0.2) is 39.5 Å². The number of pyridine rings is 1. The van der Waals surface area contributed by atoms with Gasteiger partial charge in [0.25, 0.3) is 5.91 Å². The smallest absolute Gasteiger partial charge is 0.303 e. The SMILES string of the molecule is Cc1ccc(C(=O)N2CCCCC2CCC(=O)O)cn1. The maximum atomic E-state index is 12.5. The molecule has 1 amide bonds. The number of carboxylic acid groups (broad SMARTS) is 1. The summed E-state index contributed by atoms with van der Waals surface area (Å²) in [5, 5.41) is 8.80. The Balaban J connectivity index is 2.08. The molecule has 0 aliphatic carbocycles. The van der Waals surface area contributed by atoms with Gasteiger partial charge in [-0.3, -0.25) is 14.6 Å². The average Bonchev–Trinajstić information content (AvgIpc) is 2.45. The van der Waals surface area contributed by atoms with Crippen LogP contribution in [-0.2, 0) is 4.79 Å². The van der Waals surface area contributed by atoms with Crippen molar-refractivity contribution in [2.45, 2.75) is 45.1 Å². The Bertz CT molecular complexity index is 484. The lowest BCUT2D eigenvalue weighted by molar-refractivity contribution is -0.137. The first-order chi connectivity index (χ1) is 9.58. The summed E-state index contributed by atoms with van der Waals surface area (Å²) in [6.07, 6.45) is 5.16. The van der Waals surface area contributed by atoms with Crippen LogP contribution in [0.25, 0.3) is 0 Å². The van der Waals surface area contributed by atoms with E-state index in [2.05, 4.69) is 4.98 Å². The molecule has 1 aromatic rings. The van der Waals surface area contributed by atoms with Gasteiger partial charge in [0.1, 0.15) is 0 Å². The first-order valence-electron chi connectivity index (χ1n) is 7.03. The third kappa shape index (κ3) is 3.56. The third-order valence-corrected chi connectivity index (χ3v) is 3.74. The molecular weight excluding hydrogens is 256 g/mol. The third-order valence-electron chi connectivity index (χ3n) is 3.74. The molecule has 1 atom stereocenters. The fourth-order valence-corrected chi connectivity index (χ4v) is 2.62. The quantitative estimate of drug-likeness (QED) is 0.915. The molecular formula is C15H20N2O3. The monoisotopic (exact) mass is 276 g/mol. The van der Waals surface area contributed by atoms with Crippen LogP contribution in [0.4, 0.5) is 0 Å². The first-order valence-corrected chi connectivity index (χ1v) is 7.03. The fourth-order valence-electron chi connectivity index (χ4n) is 2.62. The zero-order valence-electron chi connectivity index (χ0n) is 11.7. The van der Waals surface area contributed by atoms with Crippen molar-refractivity contribution < 1.29 is 14.7 Å². The second-order valence-corrected chi connectivity index (χ2v) is 5.27. The molecule has 1 N–H and O–H groups in total. The lowest BCUT2D eigenvalue weighted by Gasteiger charge is -2.35. The van der Waals surface area contributed by atoms with E-state index >= 15 is 0 Å². The highest BCUT2D eigenvalue weighted by atomic mass is 16.4. The maximum absolute atomic E-state index is 12.5. The molecule has 20 heavy (non-hydrogen) atoms. The summed E-state index contributed by atoms with van der Waals surface area (Å²) in [4.78, 5) is 29.2. The highest BCUT2D eigenvalue weighted by Gasteiger charge is 2.27. The molecule has 2 heterocycles. The molecule has 0 saturated carbocycles. The van der Waals surface area contributed by atoms with Gasteiger partial charge in [-0.05, 0) is 44.7 Å². The number of aromatic nitrogens is 1. The molecule has 1 aliphatic heterocycles. The van der Waals surface area contributed by atoms with Gasteiger partial charge >= 0.3 is 5.97 Å². The summed E-state index contributed by atoms with van der Waals surface area (Å²) in [6, 6.07) is 3.64. The molecule has 1 aliphatic rings. The van der Waals surface area contributed by atoms with Crippen molar-refractivity contribution in [1.82, 2.24) is 9.88 Å². The van der Waals surface area contributed by atoms with Gasteiger partial charge in [0.2, 0.25) is 0 Å². The van der Waals surface area contributed by atoms with Gasteiger partial charge in [-0.2, -0.15) is 0 Å². The Morgan fingerprint density at radius 3 is 2.85 bits per heavy atom. The highest BCUT2D eigenvalue weighted by molar-refractivity contribution is 5.94. The number of piperidine rings is 1. The van der Waals surface area contributed by atoms with Gasteiger partial charge in [0, 0.05) is 30.9 Å². The van der Waals surface area contributed by atoms with Gasteiger partial charge in [-0.25, -0.2) is 0 Å². The maximum Gasteiger partial charge on any atom is 0.303 e. The van der Waals surface area contributed by atoms with Gasteiger partial charge < -0.3 is 10.0 Å². The topological polar surface area (TPSA) is 70.5 Å². The minimum atomic E-state index is -0.806. The fraction of sp³-hybridized carbons (Fsp3) is 0.533. The molecule has 1 fully saturated rings. The number of carbonyl (C=O) groups is 2. The van der Waals surface area contributed by atoms with Crippen LogP contribution >= 0.6 is 0 Å². The number of likely N-dealkylation sites (tertiary alicyclic amines) is 1. The van der Waals surface area contributed by atoms with E-state index in [4.69, 9.17) is 5.11 Å². The first kappa shape index (κ1) is 14.5. The number of carboxylic acids is 1. The number of hydrogen-bond acceptors (Lipinski definition) is 3. The number of carbonyl (C=O) groups excluding carboxylic acids is 1. The average molecular weight is 276 g/mol. The lowest BCUT2D eigenvalue weighted by atomic mass is 9.97. The van der Waals surface area contributed by atoms with Gasteiger partial charge in [-0.1, -0.05) is 0 Å². The Morgan fingerprint density at radius 1 is 1.40 bits per heavy atom. The predicted molar refractivity (Wildman–Crippen MR) is 74.5 cm³/mol. The van der Waals surface area contributed by atoms with Gasteiger partial charge in [0.15, 0.2) is 0 Å². The molecule has 0 aromatic carbocycles. The van der Waals surface area contributed by atoms with E-state index in [1.807, 2.05) is 17.9 Å². The summed E-state index contributed by atoms with van der Waals surface area (Å²) >= 11 is 0. The minimum Gasteiger partial charge on any atom is -0.481 e. The summed E-state index contributed by atoms with van der Waals surface area (Å²) in [5.74, 6) is -0.840. The van der Waals surface area contributed by atoms with Crippen molar-refractivity contribution in [3.8, 4) is 0 Å². The number of aryl methyl sites for hydroxylation is 1. The molecule has 5 nitrogen and oxygen atoms in total. The normalized spacial score (nSPS) is 18.9. The molecule has 0 spiro atoms. The molecule has 5 heteroatoms. The van der Waals surface area contributed by atoms with E-state index in [0.717, 1.165) is 25.0 Å². The molecule has 1 unspecified atom stereocenters. The predicted octanol–water partition coefficient (Wildman–Crippen LogP) is 2.25. The van der Waals surface area contributed by atoms with Crippen LogP contribution in [0.2, 0.25) is 0 Å². The molecule has 1 aromatic heterocycles. The highest BCUT2D eigenvalue weighted by Crippen LogP contribution is 2.23. The summed E-state index contributed by atoms with van der Waals surface area (Å²) < 4.78 is 0. The number of aliphatic carboxylic acids is 1. The van der Waals surface area contributed by atoms with Crippen molar-refractivity contribution >= 4 is 11.9 Å². The minimum absolute atomic E-state index is 0.0346. The van der Waals surface area contributed by atoms with Crippen LogP contribution in [0.1, 0.15) is 48.2 Å². The van der Waals surface area contributed by atoms with E-state index in [-0.39, 0.29) is 18.4 Å². The number of amides is 1. The Hall–Kier alpha value is -1.91. The zero-order valence-corrected chi connectivity index (χ0v) is 11.7. The van der Waals surface area contributed by atoms with E-state index in [1.165, 1.54) is 0 Å². The molecule has 0 radical (unpaired) electrons. The number of nitrogens with zero attached hydrogens (tertiary/aromatic N) is 2. The lowest BCUT2D eigenvalue weighted by Crippen LogP contribution is -2.44. The largest absolute Gasteiger partial charge is 0.481 e. The van der Waals surface area contributed by atoms with Crippen LogP contribution in [0.5, 0.6) is 0 Å². The molecule has 0 bridgehead atoms. The van der Waals surface area contributed by atoms with Crippen LogP contribution in [0.15, 0.2) is 18.3 Å². The Kier molecular flexibility index (Phi) is 4.71. The van der Waals surface area contributed by atoms with E-state index in [9.17, 15) is 9.59 Å². The van der Waals surface area contributed by atoms with Crippen LogP contribution < -0.4 is 0 Å². The second-order valence-electron chi connectivity index (χ2n) is 5.27. The Labute approximate surface area is 118 Å². The second kappa shape index (κ2) is 6.50. The molecule has 2 rings (SSSR count). The van der Waals surface area contributed by atoms with E-state index in [0.29, 0.717) is 18.5 Å². The van der Waals surface area contributed by atoms with Crippen molar-refractivity contribution in [3.63, 3.8) is 0 Å². The standard InChI is InChI=1S/C15H20N2O3/c1-11-5-6-12(10-16-11)15(20)17-9-3-2-4-13(17)7-8-14(18)19/h5-6,10,13H,2-4,7-9H2,1H3,(H,18,19). The number of hydrogen-bond donors (Lipinski definition) is 1. The zero-order chi connectivity index (χ0) is 14.5. The van der Waals surface area contributed by atoms with Crippen molar-refractivity contribution in [2.75, 3.05) is 6.54 Å². The summed E-state index contributed by atoms with van der Waals surface area (Å²) in [5.41, 5.74) is 1.46. The van der Waals surface area contributed by atoms with Crippen molar-refractivity contribution in [3.05, 3.63) is 29.6 Å². The van der Waals surface area contributed by atoms with Gasteiger partial charge in [-0.15, -0.1) is 0 Å². The van der Waals surface area contributed by atoms with Crippen LogP contribution in [0, 0.1) is 6.92 Å². The van der Waals surface area contributed by atoms with Crippen LogP contribution in [0.3, 0.4) is 0 Å². The Morgan fingerprint density at radius 2 is 2.20 bits per heavy atom. The molecule has 108 valence electrons.